The van der Waals surface area contributed by atoms with Gasteiger partial charge >= 0.3 is 0 Å². The van der Waals surface area contributed by atoms with Gasteiger partial charge in [0.2, 0.25) is 5.91 Å². The summed E-state index contributed by atoms with van der Waals surface area (Å²) in [5.74, 6) is 3.11. The third-order valence-electron chi connectivity index (χ3n) is 5.23. The highest BCUT2D eigenvalue weighted by atomic mass is 16.2. The minimum absolute atomic E-state index is 0.299. The van der Waals surface area contributed by atoms with Crippen LogP contribution in [0.3, 0.4) is 0 Å². The SMILES string of the molecule is CC1CCCN(C(=O)C2CC3CC3C2)C1CN. The molecule has 3 rings (SSSR count). The number of nitrogens with zero attached hydrogens (tertiary/aromatic N) is 1. The summed E-state index contributed by atoms with van der Waals surface area (Å²) in [6, 6.07) is 0.299. The lowest BCUT2D eigenvalue weighted by Crippen LogP contribution is -2.52. The number of carbonyl (C=O) groups is 1. The Balaban J connectivity index is 1.66. The summed E-state index contributed by atoms with van der Waals surface area (Å²) in [4.78, 5) is 14.7. The van der Waals surface area contributed by atoms with Crippen molar-refractivity contribution < 1.29 is 4.79 Å². The number of carbonyl (C=O) groups excluding carboxylic acids is 1. The van der Waals surface area contributed by atoms with Gasteiger partial charge in [0, 0.05) is 25.0 Å². The topological polar surface area (TPSA) is 46.3 Å². The zero-order chi connectivity index (χ0) is 12.0. The van der Waals surface area contributed by atoms with Gasteiger partial charge in [-0.3, -0.25) is 4.79 Å². The molecule has 3 fully saturated rings. The molecule has 3 aliphatic rings. The molecule has 0 spiro atoms. The molecule has 2 N–H and O–H groups in total. The van der Waals surface area contributed by atoms with Gasteiger partial charge in [-0.25, -0.2) is 0 Å². The first-order valence-electron chi connectivity index (χ1n) is 7.21. The number of rotatable bonds is 2. The van der Waals surface area contributed by atoms with E-state index >= 15 is 0 Å². The van der Waals surface area contributed by atoms with Crippen molar-refractivity contribution in [3.63, 3.8) is 0 Å². The molecule has 0 aromatic heterocycles. The molecule has 1 amide bonds. The van der Waals surface area contributed by atoms with Gasteiger partial charge in [0.15, 0.2) is 0 Å². The molecule has 0 aromatic rings. The monoisotopic (exact) mass is 236 g/mol. The van der Waals surface area contributed by atoms with E-state index in [-0.39, 0.29) is 0 Å². The van der Waals surface area contributed by atoms with Gasteiger partial charge in [-0.2, -0.15) is 0 Å². The molecule has 0 radical (unpaired) electrons. The molecule has 4 atom stereocenters. The Labute approximate surface area is 104 Å². The lowest BCUT2D eigenvalue weighted by molar-refractivity contribution is -0.140. The normalized spacial score (nSPS) is 44.6. The van der Waals surface area contributed by atoms with Crippen molar-refractivity contribution in [2.24, 2.45) is 29.4 Å². The van der Waals surface area contributed by atoms with Crippen LogP contribution in [-0.2, 0) is 4.79 Å². The highest BCUT2D eigenvalue weighted by Gasteiger charge is 2.49. The molecule has 2 saturated carbocycles. The second-order valence-corrected chi connectivity index (χ2v) is 6.38. The van der Waals surface area contributed by atoms with Gasteiger partial charge in [-0.05, 0) is 49.9 Å². The second-order valence-electron chi connectivity index (χ2n) is 6.38. The molecule has 96 valence electrons. The highest BCUT2D eigenvalue weighted by Crippen LogP contribution is 2.54. The molecular formula is C14H24N2O. The maximum absolute atomic E-state index is 12.6. The molecule has 17 heavy (non-hydrogen) atoms. The predicted molar refractivity (Wildman–Crippen MR) is 67.3 cm³/mol. The van der Waals surface area contributed by atoms with Crippen LogP contribution in [0, 0.1) is 23.7 Å². The van der Waals surface area contributed by atoms with E-state index in [0.717, 1.165) is 37.6 Å². The van der Waals surface area contributed by atoms with E-state index in [4.69, 9.17) is 5.73 Å². The smallest absolute Gasteiger partial charge is 0.226 e. The van der Waals surface area contributed by atoms with Crippen LogP contribution in [0.2, 0.25) is 0 Å². The number of fused-ring (bicyclic) bond motifs is 1. The van der Waals surface area contributed by atoms with Crippen molar-refractivity contribution in [2.75, 3.05) is 13.1 Å². The van der Waals surface area contributed by atoms with Crippen molar-refractivity contribution >= 4 is 5.91 Å². The van der Waals surface area contributed by atoms with Crippen molar-refractivity contribution in [1.29, 1.82) is 0 Å². The van der Waals surface area contributed by atoms with Crippen molar-refractivity contribution in [3.05, 3.63) is 0 Å². The van der Waals surface area contributed by atoms with E-state index < -0.39 is 0 Å². The average Bonchev–Trinajstić information content (AvgIpc) is 2.95. The Bertz CT molecular complexity index is 307. The van der Waals surface area contributed by atoms with Gasteiger partial charge in [-0.1, -0.05) is 6.92 Å². The Kier molecular flexibility index (Phi) is 2.89. The largest absolute Gasteiger partial charge is 0.338 e. The number of hydrogen-bond acceptors (Lipinski definition) is 2. The summed E-state index contributed by atoms with van der Waals surface area (Å²) in [6.07, 6.45) is 6.09. The van der Waals surface area contributed by atoms with E-state index in [1.807, 2.05) is 0 Å². The minimum Gasteiger partial charge on any atom is -0.338 e. The summed E-state index contributed by atoms with van der Waals surface area (Å²) in [5.41, 5.74) is 5.86. The first-order valence-corrected chi connectivity index (χ1v) is 7.21. The van der Waals surface area contributed by atoms with Crippen molar-refractivity contribution in [1.82, 2.24) is 4.90 Å². The maximum atomic E-state index is 12.6. The molecule has 1 heterocycles. The molecule has 1 saturated heterocycles. The first kappa shape index (κ1) is 11.5. The van der Waals surface area contributed by atoms with Crippen LogP contribution in [0.4, 0.5) is 0 Å². The fraction of sp³-hybridized carbons (Fsp3) is 0.929. The predicted octanol–water partition coefficient (Wildman–Crippen LogP) is 1.62. The number of piperidine rings is 1. The highest BCUT2D eigenvalue weighted by molar-refractivity contribution is 5.80. The molecule has 3 heteroatoms. The van der Waals surface area contributed by atoms with Gasteiger partial charge in [0.1, 0.15) is 0 Å². The lowest BCUT2D eigenvalue weighted by Gasteiger charge is -2.40. The lowest BCUT2D eigenvalue weighted by atomic mass is 9.89. The number of amides is 1. The summed E-state index contributed by atoms with van der Waals surface area (Å²) < 4.78 is 0. The van der Waals surface area contributed by atoms with Crippen LogP contribution in [0.1, 0.15) is 39.0 Å². The fourth-order valence-electron chi connectivity index (χ4n) is 4.03. The Morgan fingerprint density at radius 3 is 2.65 bits per heavy atom. The molecule has 4 unspecified atom stereocenters. The molecular weight excluding hydrogens is 212 g/mol. The second kappa shape index (κ2) is 4.27. The quantitative estimate of drug-likeness (QED) is 0.792. The molecule has 3 nitrogen and oxygen atoms in total. The van der Waals surface area contributed by atoms with Crippen LogP contribution in [-0.4, -0.2) is 29.9 Å². The third-order valence-corrected chi connectivity index (χ3v) is 5.23. The standard InChI is InChI=1S/C14H24N2O/c1-9-3-2-4-16(13(9)8-15)14(17)12-6-10-5-11(10)7-12/h9-13H,2-8,15H2,1H3. The zero-order valence-electron chi connectivity index (χ0n) is 10.8. The minimum atomic E-state index is 0.299. The maximum Gasteiger partial charge on any atom is 0.226 e. The van der Waals surface area contributed by atoms with Gasteiger partial charge in [0.25, 0.3) is 0 Å². The molecule has 2 aliphatic carbocycles. The summed E-state index contributed by atoms with van der Waals surface area (Å²) in [5, 5.41) is 0. The first-order chi connectivity index (χ1) is 8.20. The fourth-order valence-corrected chi connectivity index (χ4v) is 4.03. The average molecular weight is 236 g/mol. The van der Waals surface area contributed by atoms with E-state index in [0.29, 0.717) is 30.3 Å². The van der Waals surface area contributed by atoms with Crippen LogP contribution < -0.4 is 5.73 Å². The van der Waals surface area contributed by atoms with Crippen LogP contribution in [0.5, 0.6) is 0 Å². The van der Waals surface area contributed by atoms with Crippen molar-refractivity contribution in [2.45, 2.75) is 45.1 Å². The van der Waals surface area contributed by atoms with Gasteiger partial charge in [-0.15, -0.1) is 0 Å². The zero-order valence-corrected chi connectivity index (χ0v) is 10.8. The van der Waals surface area contributed by atoms with Crippen molar-refractivity contribution in [3.8, 4) is 0 Å². The van der Waals surface area contributed by atoms with Crippen LogP contribution >= 0.6 is 0 Å². The molecule has 0 bridgehead atoms. The van der Waals surface area contributed by atoms with E-state index in [1.165, 1.54) is 12.8 Å². The summed E-state index contributed by atoms with van der Waals surface area (Å²) in [6.45, 7) is 3.81. The Morgan fingerprint density at radius 2 is 2.00 bits per heavy atom. The summed E-state index contributed by atoms with van der Waals surface area (Å²) in [7, 11) is 0. The number of likely N-dealkylation sites (tertiary alicyclic amines) is 1. The van der Waals surface area contributed by atoms with E-state index in [9.17, 15) is 4.79 Å². The Morgan fingerprint density at radius 1 is 1.29 bits per heavy atom. The third kappa shape index (κ3) is 1.99. The number of nitrogens with two attached hydrogens (primary N) is 1. The van der Waals surface area contributed by atoms with Gasteiger partial charge < -0.3 is 10.6 Å². The van der Waals surface area contributed by atoms with Crippen LogP contribution in [0.25, 0.3) is 0 Å². The molecule has 0 aromatic carbocycles. The van der Waals surface area contributed by atoms with E-state index in [1.54, 1.807) is 0 Å². The van der Waals surface area contributed by atoms with E-state index in [2.05, 4.69) is 11.8 Å². The summed E-state index contributed by atoms with van der Waals surface area (Å²) >= 11 is 0. The number of hydrogen-bond donors (Lipinski definition) is 1. The molecule has 1 aliphatic heterocycles. The Hall–Kier alpha value is -0.570. The van der Waals surface area contributed by atoms with Crippen LogP contribution in [0.15, 0.2) is 0 Å². The van der Waals surface area contributed by atoms with Gasteiger partial charge in [0.05, 0.1) is 0 Å².